The van der Waals surface area contributed by atoms with Crippen LogP contribution < -0.4 is 5.32 Å². The third-order valence-corrected chi connectivity index (χ3v) is 6.46. The minimum Gasteiger partial charge on any atom is -0.306 e. The highest BCUT2D eigenvalue weighted by molar-refractivity contribution is 7.16. The van der Waals surface area contributed by atoms with E-state index in [1.54, 1.807) is 11.3 Å². The smallest absolute Gasteiger partial charge is 0.0934 e. The summed E-state index contributed by atoms with van der Waals surface area (Å²) in [5.41, 5.74) is 1.49. The predicted molar refractivity (Wildman–Crippen MR) is 81.1 cm³/mol. The Morgan fingerprint density at radius 3 is 3.11 bits per heavy atom. The van der Waals surface area contributed by atoms with Crippen molar-refractivity contribution in [2.75, 3.05) is 13.1 Å². The topological polar surface area (TPSA) is 15.3 Å². The first-order chi connectivity index (χ1) is 9.31. The van der Waals surface area contributed by atoms with Crippen molar-refractivity contribution in [3.05, 3.63) is 20.8 Å². The fraction of sp³-hybridized carbons (Fsp3) is 0.733. The third kappa shape index (κ3) is 2.25. The van der Waals surface area contributed by atoms with Gasteiger partial charge >= 0.3 is 0 Å². The molecule has 4 heteroatoms. The van der Waals surface area contributed by atoms with E-state index in [9.17, 15) is 0 Å². The normalized spacial score (nSPS) is 34.5. The number of nitrogens with one attached hydrogen (secondary N) is 1. The Labute approximate surface area is 124 Å². The largest absolute Gasteiger partial charge is 0.306 e. The molecule has 1 aromatic rings. The Kier molecular flexibility index (Phi) is 3.34. The van der Waals surface area contributed by atoms with Gasteiger partial charge in [0, 0.05) is 29.5 Å². The second-order valence-corrected chi connectivity index (χ2v) is 7.95. The van der Waals surface area contributed by atoms with Crippen LogP contribution >= 0.6 is 22.9 Å². The first-order valence-electron chi connectivity index (χ1n) is 7.59. The van der Waals surface area contributed by atoms with Crippen molar-refractivity contribution in [3.63, 3.8) is 0 Å². The molecule has 3 atom stereocenters. The molecule has 0 aromatic carbocycles. The molecule has 2 fully saturated rings. The average molecular weight is 297 g/mol. The fourth-order valence-electron chi connectivity index (χ4n) is 4.20. The highest BCUT2D eigenvalue weighted by Crippen LogP contribution is 2.40. The van der Waals surface area contributed by atoms with Gasteiger partial charge in [-0.1, -0.05) is 18.0 Å². The number of aryl methyl sites for hydroxylation is 1. The van der Waals surface area contributed by atoms with Crippen molar-refractivity contribution >= 4 is 22.9 Å². The van der Waals surface area contributed by atoms with Crippen molar-refractivity contribution < 1.29 is 0 Å². The second-order valence-electron chi connectivity index (χ2n) is 6.18. The average Bonchev–Trinajstić information content (AvgIpc) is 3.07. The number of fused-ring (bicyclic) bond motifs is 2. The van der Waals surface area contributed by atoms with E-state index in [0.717, 1.165) is 10.4 Å². The molecule has 1 aliphatic carbocycles. The van der Waals surface area contributed by atoms with Crippen LogP contribution in [0.1, 0.15) is 48.6 Å². The second kappa shape index (κ2) is 5.03. The van der Waals surface area contributed by atoms with Crippen molar-refractivity contribution in [1.29, 1.82) is 0 Å². The number of thiophene rings is 1. The Morgan fingerprint density at radius 1 is 1.21 bits per heavy atom. The van der Waals surface area contributed by atoms with Gasteiger partial charge in [0.15, 0.2) is 0 Å². The summed E-state index contributed by atoms with van der Waals surface area (Å²) in [5.74, 6) is 0. The van der Waals surface area contributed by atoms with Crippen LogP contribution in [0, 0.1) is 0 Å². The van der Waals surface area contributed by atoms with E-state index >= 15 is 0 Å². The van der Waals surface area contributed by atoms with Gasteiger partial charge in [0.25, 0.3) is 0 Å². The molecule has 2 nitrogen and oxygen atoms in total. The van der Waals surface area contributed by atoms with Gasteiger partial charge in [-0.25, -0.2) is 0 Å². The van der Waals surface area contributed by atoms with Gasteiger partial charge in [-0.2, -0.15) is 0 Å². The zero-order valence-corrected chi connectivity index (χ0v) is 12.8. The summed E-state index contributed by atoms with van der Waals surface area (Å²) in [6, 6.07) is 4.26. The van der Waals surface area contributed by atoms with E-state index in [2.05, 4.69) is 16.3 Å². The van der Waals surface area contributed by atoms with Crippen molar-refractivity contribution in [2.45, 2.75) is 56.7 Å². The molecule has 3 heterocycles. The maximum atomic E-state index is 6.15. The highest BCUT2D eigenvalue weighted by Gasteiger charge is 2.37. The molecule has 3 aliphatic rings. The predicted octanol–water partition coefficient (Wildman–Crippen LogP) is 3.61. The molecule has 19 heavy (non-hydrogen) atoms. The SMILES string of the molecule is Clc1cc2c(s1)CCC2NC1CCN2CCCCC12. The van der Waals surface area contributed by atoms with Crippen LogP contribution in [0.5, 0.6) is 0 Å². The summed E-state index contributed by atoms with van der Waals surface area (Å²) >= 11 is 7.93. The number of rotatable bonds is 2. The monoisotopic (exact) mass is 296 g/mol. The van der Waals surface area contributed by atoms with Crippen LogP contribution in [0.15, 0.2) is 6.07 Å². The minimum absolute atomic E-state index is 0.561. The Morgan fingerprint density at radius 2 is 2.16 bits per heavy atom. The van der Waals surface area contributed by atoms with E-state index in [1.807, 2.05) is 0 Å². The molecule has 4 rings (SSSR count). The molecule has 3 unspecified atom stereocenters. The quantitative estimate of drug-likeness (QED) is 0.897. The molecule has 0 spiro atoms. The van der Waals surface area contributed by atoms with Crippen molar-refractivity contribution in [3.8, 4) is 0 Å². The lowest BCUT2D eigenvalue weighted by molar-refractivity contribution is 0.176. The Bertz CT molecular complexity index is 473. The molecule has 0 bridgehead atoms. The van der Waals surface area contributed by atoms with Crippen molar-refractivity contribution in [1.82, 2.24) is 10.2 Å². The van der Waals surface area contributed by atoms with Gasteiger partial charge < -0.3 is 5.32 Å². The third-order valence-electron chi connectivity index (χ3n) is 5.12. The van der Waals surface area contributed by atoms with E-state index in [4.69, 9.17) is 11.6 Å². The Hall–Kier alpha value is -0.0900. The first kappa shape index (κ1) is 12.6. The minimum atomic E-state index is 0.561. The van der Waals surface area contributed by atoms with Crippen LogP contribution in [0.3, 0.4) is 0 Å². The summed E-state index contributed by atoms with van der Waals surface area (Å²) in [5, 5.41) is 3.95. The summed E-state index contributed by atoms with van der Waals surface area (Å²) < 4.78 is 0.960. The first-order valence-corrected chi connectivity index (χ1v) is 8.79. The van der Waals surface area contributed by atoms with E-state index in [1.165, 1.54) is 62.1 Å². The van der Waals surface area contributed by atoms with Crippen LogP contribution in [-0.2, 0) is 6.42 Å². The van der Waals surface area contributed by atoms with E-state index < -0.39 is 0 Å². The summed E-state index contributed by atoms with van der Waals surface area (Å²) in [7, 11) is 0. The van der Waals surface area contributed by atoms with Crippen LogP contribution in [0.25, 0.3) is 0 Å². The molecule has 104 valence electrons. The van der Waals surface area contributed by atoms with Gasteiger partial charge in [-0.15, -0.1) is 11.3 Å². The maximum Gasteiger partial charge on any atom is 0.0934 e. The maximum absolute atomic E-state index is 6.15. The number of nitrogens with zero attached hydrogens (tertiary/aromatic N) is 1. The molecule has 0 amide bonds. The van der Waals surface area contributed by atoms with Gasteiger partial charge in [0.2, 0.25) is 0 Å². The zero-order chi connectivity index (χ0) is 12.8. The van der Waals surface area contributed by atoms with E-state index in [0.29, 0.717) is 12.1 Å². The fourth-order valence-corrected chi connectivity index (χ4v) is 5.56. The molecule has 1 aromatic heterocycles. The molecular weight excluding hydrogens is 276 g/mol. The van der Waals surface area contributed by atoms with Gasteiger partial charge in [0.1, 0.15) is 0 Å². The Balaban J connectivity index is 1.47. The van der Waals surface area contributed by atoms with Crippen LogP contribution in [0.2, 0.25) is 4.34 Å². The van der Waals surface area contributed by atoms with E-state index in [-0.39, 0.29) is 0 Å². The lowest BCUT2D eigenvalue weighted by Gasteiger charge is -2.33. The molecule has 2 saturated heterocycles. The highest BCUT2D eigenvalue weighted by atomic mass is 35.5. The summed E-state index contributed by atoms with van der Waals surface area (Å²) in [4.78, 5) is 4.22. The standard InChI is InChI=1S/C15H21ClN2S/c16-15-9-10-11(4-5-14(10)19-15)17-12-6-8-18-7-2-1-3-13(12)18/h9,11-13,17H,1-8H2. The van der Waals surface area contributed by atoms with Crippen molar-refractivity contribution in [2.24, 2.45) is 0 Å². The van der Waals surface area contributed by atoms with Gasteiger partial charge in [-0.05, 0) is 50.3 Å². The molecule has 0 saturated carbocycles. The zero-order valence-electron chi connectivity index (χ0n) is 11.2. The summed E-state index contributed by atoms with van der Waals surface area (Å²) in [6.45, 7) is 2.62. The van der Waals surface area contributed by atoms with Crippen LogP contribution in [-0.4, -0.2) is 30.1 Å². The number of halogens is 1. The van der Waals surface area contributed by atoms with Gasteiger partial charge in [-0.3, -0.25) is 4.90 Å². The number of hydrogen-bond donors (Lipinski definition) is 1. The van der Waals surface area contributed by atoms with Gasteiger partial charge in [0.05, 0.1) is 4.34 Å². The number of hydrogen-bond acceptors (Lipinski definition) is 3. The lowest BCUT2D eigenvalue weighted by Crippen LogP contribution is -2.45. The summed E-state index contributed by atoms with van der Waals surface area (Å²) in [6.07, 6.45) is 8.01. The molecular formula is C15H21ClN2S. The number of piperidine rings is 1. The molecule has 1 N–H and O–H groups in total. The lowest BCUT2D eigenvalue weighted by atomic mass is 9.98. The molecule has 2 aliphatic heterocycles. The van der Waals surface area contributed by atoms with Crippen LogP contribution in [0.4, 0.5) is 0 Å². The molecule has 0 radical (unpaired) electrons.